The predicted molar refractivity (Wildman–Crippen MR) is 112 cm³/mol. The molecule has 1 fully saturated rings. The monoisotopic (exact) mass is 426 g/mol. The number of hydrogen-bond acceptors (Lipinski definition) is 7. The number of phenolic OH excluding ortho intramolecular Hbond substituents is 1. The van der Waals surface area contributed by atoms with Gasteiger partial charge in [-0.25, -0.2) is 15.2 Å². The number of guanidine groups is 1. The van der Waals surface area contributed by atoms with Crippen molar-refractivity contribution in [2.75, 3.05) is 7.05 Å². The molecule has 0 radical (unpaired) electrons. The molecule has 1 saturated heterocycles. The molecule has 2 atom stereocenters. The Bertz CT molecular complexity index is 1040. The second-order valence-corrected chi connectivity index (χ2v) is 7.30. The van der Waals surface area contributed by atoms with Crippen molar-refractivity contribution in [1.82, 2.24) is 20.5 Å². The number of hydrogen-bond donors (Lipinski definition) is 3. The molecule has 2 aliphatic rings. The van der Waals surface area contributed by atoms with Gasteiger partial charge in [-0.3, -0.25) is 10.1 Å². The normalized spacial score (nSPS) is 20.9. The van der Waals surface area contributed by atoms with Crippen LogP contribution in [0.4, 0.5) is 4.79 Å². The second-order valence-electron chi connectivity index (χ2n) is 6.90. The summed E-state index contributed by atoms with van der Waals surface area (Å²) in [5.41, 5.74) is 4.44. The lowest BCUT2D eigenvalue weighted by molar-refractivity contribution is -0.127. The molecule has 4 rings (SSSR count). The largest absolute Gasteiger partial charge is 0.508 e. The van der Waals surface area contributed by atoms with E-state index in [4.69, 9.17) is 11.6 Å². The molecule has 2 aliphatic heterocycles. The summed E-state index contributed by atoms with van der Waals surface area (Å²) in [5, 5.41) is 16.5. The molecule has 2 aromatic rings. The van der Waals surface area contributed by atoms with Gasteiger partial charge in [0.2, 0.25) is 5.96 Å². The number of aromatic hydroxyl groups is 1. The Morgan fingerprint density at radius 1 is 1.23 bits per heavy atom. The summed E-state index contributed by atoms with van der Waals surface area (Å²) in [6.45, 7) is 0.302. The van der Waals surface area contributed by atoms with Crippen molar-refractivity contribution in [1.29, 1.82) is 0 Å². The van der Waals surface area contributed by atoms with Crippen LogP contribution in [0, 0.1) is 0 Å². The minimum Gasteiger partial charge on any atom is -0.508 e. The number of halogens is 1. The first-order chi connectivity index (χ1) is 14.4. The Kier molecular flexibility index (Phi) is 5.28. The van der Waals surface area contributed by atoms with Crippen LogP contribution in [-0.2, 0) is 11.3 Å². The fourth-order valence-corrected chi connectivity index (χ4v) is 3.52. The van der Waals surface area contributed by atoms with E-state index in [0.717, 1.165) is 11.1 Å². The lowest BCUT2D eigenvalue weighted by Gasteiger charge is -2.36. The van der Waals surface area contributed by atoms with Gasteiger partial charge in [0.1, 0.15) is 5.75 Å². The molecule has 0 aliphatic carbocycles. The lowest BCUT2D eigenvalue weighted by atomic mass is 10.1. The van der Waals surface area contributed by atoms with E-state index in [-0.39, 0.29) is 5.75 Å². The van der Waals surface area contributed by atoms with Gasteiger partial charge in [-0.05, 0) is 41.5 Å². The Labute approximate surface area is 177 Å². The second kappa shape index (κ2) is 8.03. The third kappa shape index (κ3) is 3.79. The summed E-state index contributed by atoms with van der Waals surface area (Å²) < 4.78 is 0. The van der Waals surface area contributed by atoms with Gasteiger partial charge in [0.05, 0.1) is 6.21 Å². The number of urea groups is 1. The van der Waals surface area contributed by atoms with Crippen molar-refractivity contribution >= 4 is 35.7 Å². The minimum absolute atomic E-state index is 0.161. The number of phenols is 1. The van der Waals surface area contributed by atoms with Crippen molar-refractivity contribution in [2.45, 2.75) is 18.8 Å². The molecule has 154 valence electrons. The zero-order chi connectivity index (χ0) is 21.3. The van der Waals surface area contributed by atoms with Crippen LogP contribution < -0.4 is 10.7 Å². The molecular formula is C20H19ClN6O3. The molecule has 0 bridgehead atoms. The fraction of sp³-hybridized carbons (Fsp3) is 0.200. The first-order valence-corrected chi connectivity index (χ1v) is 9.55. The van der Waals surface area contributed by atoms with E-state index in [1.807, 2.05) is 18.2 Å². The molecule has 3 amide bonds. The summed E-state index contributed by atoms with van der Waals surface area (Å²) in [5.74, 6) is 0.0730. The third-order valence-electron chi connectivity index (χ3n) is 4.93. The van der Waals surface area contributed by atoms with Gasteiger partial charge < -0.3 is 14.9 Å². The van der Waals surface area contributed by atoms with Crippen molar-refractivity contribution < 1.29 is 14.7 Å². The molecule has 3 N–H and O–H groups in total. The van der Waals surface area contributed by atoms with Gasteiger partial charge in [-0.1, -0.05) is 29.8 Å². The van der Waals surface area contributed by atoms with Crippen LogP contribution in [0.3, 0.4) is 0 Å². The van der Waals surface area contributed by atoms with Crippen LogP contribution in [0.2, 0.25) is 5.02 Å². The number of amides is 3. The highest BCUT2D eigenvalue weighted by Gasteiger charge is 2.48. The Morgan fingerprint density at radius 2 is 1.97 bits per heavy atom. The number of nitrogens with zero attached hydrogens (tertiary/aromatic N) is 4. The molecule has 0 spiro atoms. The van der Waals surface area contributed by atoms with Crippen LogP contribution in [0.1, 0.15) is 11.1 Å². The quantitative estimate of drug-likeness (QED) is 0.509. The number of carbonyl (C=O) groups is 2. The van der Waals surface area contributed by atoms with Crippen molar-refractivity contribution in [3.8, 4) is 5.75 Å². The summed E-state index contributed by atoms with van der Waals surface area (Å²) >= 11 is 6.31. The highest BCUT2D eigenvalue weighted by atomic mass is 35.5. The van der Waals surface area contributed by atoms with Gasteiger partial charge in [0, 0.05) is 18.6 Å². The van der Waals surface area contributed by atoms with Crippen LogP contribution >= 0.6 is 11.6 Å². The average molecular weight is 427 g/mol. The number of fused-ring (bicyclic) bond motifs is 1. The highest BCUT2D eigenvalue weighted by Crippen LogP contribution is 2.27. The van der Waals surface area contributed by atoms with E-state index in [1.165, 1.54) is 4.90 Å². The number of aliphatic imine (C=N–C) groups is 1. The maximum absolute atomic E-state index is 12.6. The number of rotatable bonds is 4. The number of hydrazone groups is 1. The smallest absolute Gasteiger partial charge is 0.325 e. The van der Waals surface area contributed by atoms with E-state index in [9.17, 15) is 14.7 Å². The van der Waals surface area contributed by atoms with Crippen molar-refractivity contribution in [2.24, 2.45) is 10.1 Å². The SMILES string of the molecule is CN1C(=O)NC(=O)C2C1N=C(N/N=C/c1ccc(O)cc1)N2Cc1ccccc1Cl. The maximum Gasteiger partial charge on any atom is 0.325 e. The molecule has 9 nitrogen and oxygen atoms in total. The topological polar surface area (TPSA) is 110 Å². The minimum atomic E-state index is -0.713. The zero-order valence-corrected chi connectivity index (χ0v) is 16.7. The zero-order valence-electron chi connectivity index (χ0n) is 16.0. The fourth-order valence-electron chi connectivity index (χ4n) is 3.33. The molecule has 0 aromatic heterocycles. The van der Waals surface area contributed by atoms with Crippen LogP contribution in [0.25, 0.3) is 0 Å². The van der Waals surface area contributed by atoms with Crippen LogP contribution in [-0.4, -0.2) is 58.3 Å². The van der Waals surface area contributed by atoms with Gasteiger partial charge >= 0.3 is 6.03 Å². The Balaban J connectivity index is 1.61. The number of benzene rings is 2. The molecular weight excluding hydrogens is 408 g/mol. The van der Waals surface area contributed by atoms with Gasteiger partial charge in [0.25, 0.3) is 5.91 Å². The third-order valence-corrected chi connectivity index (χ3v) is 5.30. The number of carbonyl (C=O) groups excluding carboxylic acids is 2. The van der Waals surface area contributed by atoms with Crippen molar-refractivity contribution in [3.05, 3.63) is 64.7 Å². The molecule has 0 saturated carbocycles. The molecule has 2 unspecified atom stereocenters. The first-order valence-electron chi connectivity index (χ1n) is 9.17. The van der Waals surface area contributed by atoms with Gasteiger partial charge in [-0.15, -0.1) is 0 Å². The summed E-state index contributed by atoms with van der Waals surface area (Å²) in [7, 11) is 1.58. The predicted octanol–water partition coefficient (Wildman–Crippen LogP) is 1.72. The van der Waals surface area contributed by atoms with E-state index in [2.05, 4.69) is 20.8 Å². The summed E-state index contributed by atoms with van der Waals surface area (Å²) in [6, 6.07) is 12.6. The maximum atomic E-state index is 12.6. The van der Waals surface area contributed by atoms with Gasteiger partial charge in [0.15, 0.2) is 12.2 Å². The molecule has 30 heavy (non-hydrogen) atoms. The van der Waals surface area contributed by atoms with Crippen molar-refractivity contribution in [3.63, 3.8) is 0 Å². The van der Waals surface area contributed by atoms with E-state index >= 15 is 0 Å². The molecule has 2 aromatic carbocycles. The molecule has 10 heteroatoms. The summed E-state index contributed by atoms with van der Waals surface area (Å²) in [4.78, 5) is 32.2. The molecule has 2 heterocycles. The summed E-state index contributed by atoms with van der Waals surface area (Å²) in [6.07, 6.45) is 0.882. The van der Waals surface area contributed by atoms with E-state index in [0.29, 0.717) is 17.5 Å². The van der Waals surface area contributed by atoms with E-state index in [1.54, 1.807) is 48.5 Å². The van der Waals surface area contributed by atoms with E-state index < -0.39 is 24.1 Å². The Morgan fingerprint density at radius 3 is 2.70 bits per heavy atom. The number of nitrogens with one attached hydrogen (secondary N) is 2. The standard InChI is InChI=1S/C20H19ClN6O3/c1-26-17-16(18(29)24-20(26)30)27(11-13-4-2-3-5-15(13)21)19(23-17)25-22-10-12-6-8-14(28)9-7-12/h2-10,16-17,28H,11H2,1H3,(H,23,25)(H,24,29,30)/b22-10+. The van der Waals surface area contributed by atoms with Crippen LogP contribution in [0.15, 0.2) is 58.6 Å². The average Bonchev–Trinajstić information content (AvgIpc) is 3.08. The van der Waals surface area contributed by atoms with Crippen LogP contribution in [0.5, 0.6) is 5.75 Å². The number of likely N-dealkylation sites (N-methyl/N-ethyl adjacent to an activating group) is 1. The lowest BCUT2D eigenvalue weighted by Crippen LogP contribution is -2.63. The van der Waals surface area contributed by atoms with Gasteiger partial charge in [-0.2, -0.15) is 5.10 Å². The Hall–Kier alpha value is -3.59. The highest BCUT2D eigenvalue weighted by molar-refractivity contribution is 6.31. The first kappa shape index (κ1) is 19.7. The number of imide groups is 1.